The fraction of sp³-hybridized carbons (Fsp3) is 1.00. The number of nitrogens with zero attached hydrogens (tertiary/aromatic N) is 1. The molecule has 0 N–H and O–H groups in total. The van der Waals surface area contributed by atoms with Crippen LogP contribution in [0.1, 0.15) is 33.6 Å². The van der Waals surface area contributed by atoms with E-state index in [1.165, 1.54) is 19.4 Å². The van der Waals surface area contributed by atoms with Gasteiger partial charge in [-0.15, -0.1) is 0 Å². The smallest absolute Gasteiger partial charge is 0.0619 e. The molecule has 1 saturated carbocycles. The van der Waals surface area contributed by atoms with Crippen LogP contribution >= 0.6 is 0 Å². The van der Waals surface area contributed by atoms with Gasteiger partial charge < -0.3 is 9.47 Å². The molecule has 16 heavy (non-hydrogen) atoms. The Morgan fingerprint density at radius 1 is 1.44 bits per heavy atom. The molecule has 1 atom stereocenters. The average molecular weight is 227 g/mol. The molecule has 0 aromatic rings. The molecule has 94 valence electrons. The molecule has 3 nitrogen and oxygen atoms in total. The second kappa shape index (κ2) is 5.03. The molecule has 1 unspecified atom stereocenters. The zero-order chi connectivity index (χ0) is 11.6. The highest BCUT2D eigenvalue weighted by Gasteiger charge is 2.45. The Morgan fingerprint density at radius 3 is 2.75 bits per heavy atom. The summed E-state index contributed by atoms with van der Waals surface area (Å²) in [5, 5.41) is 0. The van der Waals surface area contributed by atoms with E-state index in [0.29, 0.717) is 17.6 Å². The number of rotatable bonds is 5. The Labute approximate surface area is 99.1 Å². The lowest BCUT2D eigenvalue weighted by atomic mass is 10.1. The first-order valence-electron chi connectivity index (χ1n) is 6.55. The van der Waals surface area contributed by atoms with E-state index in [0.717, 1.165) is 26.4 Å². The van der Waals surface area contributed by atoms with Gasteiger partial charge in [-0.25, -0.2) is 0 Å². The van der Waals surface area contributed by atoms with E-state index in [2.05, 4.69) is 25.7 Å². The maximum Gasteiger partial charge on any atom is 0.0619 e. The van der Waals surface area contributed by atoms with Gasteiger partial charge in [0.2, 0.25) is 0 Å². The third-order valence-electron chi connectivity index (χ3n) is 3.72. The highest BCUT2D eigenvalue weighted by atomic mass is 16.5. The van der Waals surface area contributed by atoms with Crippen molar-refractivity contribution in [1.29, 1.82) is 0 Å². The van der Waals surface area contributed by atoms with Gasteiger partial charge >= 0.3 is 0 Å². The second-order valence-electron chi connectivity index (χ2n) is 5.75. The van der Waals surface area contributed by atoms with Crippen LogP contribution in [0.5, 0.6) is 0 Å². The summed E-state index contributed by atoms with van der Waals surface area (Å²) in [6, 6.07) is 0.574. The van der Waals surface area contributed by atoms with Crippen molar-refractivity contribution in [2.24, 2.45) is 5.41 Å². The van der Waals surface area contributed by atoms with Crippen molar-refractivity contribution < 1.29 is 9.47 Å². The molecule has 2 fully saturated rings. The molecule has 3 heteroatoms. The summed E-state index contributed by atoms with van der Waals surface area (Å²) >= 11 is 0. The molecule has 1 saturated heterocycles. The summed E-state index contributed by atoms with van der Waals surface area (Å²) in [5.74, 6) is 0. The van der Waals surface area contributed by atoms with Gasteiger partial charge in [0.15, 0.2) is 0 Å². The van der Waals surface area contributed by atoms with Crippen molar-refractivity contribution in [2.45, 2.75) is 45.8 Å². The maximum absolute atomic E-state index is 5.79. The van der Waals surface area contributed by atoms with Crippen molar-refractivity contribution >= 4 is 0 Å². The van der Waals surface area contributed by atoms with Crippen molar-refractivity contribution in [3.63, 3.8) is 0 Å². The number of hydrogen-bond donors (Lipinski definition) is 0. The lowest BCUT2D eigenvalue weighted by molar-refractivity contribution is -0.0259. The summed E-state index contributed by atoms with van der Waals surface area (Å²) in [4.78, 5) is 2.57. The van der Waals surface area contributed by atoms with Gasteiger partial charge in [-0.05, 0) is 33.6 Å². The van der Waals surface area contributed by atoms with Crippen LogP contribution in [0.25, 0.3) is 0 Å². The van der Waals surface area contributed by atoms with Gasteiger partial charge in [-0.2, -0.15) is 0 Å². The van der Waals surface area contributed by atoms with E-state index in [1.807, 2.05) is 0 Å². The van der Waals surface area contributed by atoms with E-state index < -0.39 is 0 Å². The van der Waals surface area contributed by atoms with Crippen molar-refractivity contribution in [2.75, 3.05) is 32.9 Å². The van der Waals surface area contributed by atoms with E-state index in [1.54, 1.807) is 0 Å². The minimum absolute atomic E-state index is 0.361. The molecule has 0 spiro atoms. The van der Waals surface area contributed by atoms with Crippen molar-refractivity contribution in [3.8, 4) is 0 Å². The number of ether oxygens (including phenoxy) is 2. The first kappa shape index (κ1) is 12.3. The van der Waals surface area contributed by atoms with Crippen LogP contribution in [0.4, 0.5) is 0 Å². The first-order valence-corrected chi connectivity index (χ1v) is 6.55. The second-order valence-corrected chi connectivity index (χ2v) is 5.75. The molecule has 1 aliphatic carbocycles. The van der Waals surface area contributed by atoms with Gasteiger partial charge in [0.05, 0.1) is 25.9 Å². The van der Waals surface area contributed by atoms with Gasteiger partial charge in [-0.1, -0.05) is 0 Å². The first-order chi connectivity index (χ1) is 7.61. The Morgan fingerprint density at radius 2 is 2.19 bits per heavy atom. The Balaban J connectivity index is 1.79. The molecule has 1 aliphatic heterocycles. The molecule has 0 bridgehead atoms. The van der Waals surface area contributed by atoms with Gasteiger partial charge in [0.25, 0.3) is 0 Å². The van der Waals surface area contributed by atoms with Crippen LogP contribution in [-0.4, -0.2) is 50.0 Å². The minimum Gasteiger partial charge on any atom is -0.379 e. The minimum atomic E-state index is 0.361. The van der Waals surface area contributed by atoms with E-state index in [4.69, 9.17) is 9.47 Å². The van der Waals surface area contributed by atoms with Crippen LogP contribution in [0.3, 0.4) is 0 Å². The lowest BCUT2D eigenvalue weighted by Crippen LogP contribution is -2.47. The topological polar surface area (TPSA) is 21.7 Å². The van der Waals surface area contributed by atoms with Crippen LogP contribution in [0.2, 0.25) is 0 Å². The molecule has 0 amide bonds. The molecular weight excluding hydrogens is 202 g/mol. The quantitative estimate of drug-likeness (QED) is 0.716. The summed E-state index contributed by atoms with van der Waals surface area (Å²) in [6.45, 7) is 11.5. The monoisotopic (exact) mass is 227 g/mol. The molecule has 2 rings (SSSR count). The third-order valence-corrected chi connectivity index (χ3v) is 3.72. The zero-order valence-electron chi connectivity index (χ0n) is 10.9. The van der Waals surface area contributed by atoms with Crippen LogP contribution < -0.4 is 0 Å². The maximum atomic E-state index is 5.79. The molecule has 0 aromatic heterocycles. The Kier molecular flexibility index (Phi) is 3.88. The molecule has 0 aromatic carbocycles. The lowest BCUT2D eigenvalue weighted by Gasteiger charge is -2.36. The normalized spacial score (nSPS) is 29.6. The molecule has 0 radical (unpaired) electrons. The fourth-order valence-electron chi connectivity index (χ4n) is 2.30. The van der Waals surface area contributed by atoms with E-state index in [9.17, 15) is 0 Å². The summed E-state index contributed by atoms with van der Waals surface area (Å²) in [6.07, 6.45) is 3.03. The largest absolute Gasteiger partial charge is 0.379 e. The van der Waals surface area contributed by atoms with E-state index in [-0.39, 0.29) is 0 Å². The Hall–Kier alpha value is -0.120. The molecule has 2 aliphatic rings. The highest BCUT2D eigenvalue weighted by molar-refractivity contribution is 4.96. The van der Waals surface area contributed by atoms with Crippen molar-refractivity contribution in [1.82, 2.24) is 4.90 Å². The molecule has 1 heterocycles. The van der Waals surface area contributed by atoms with Gasteiger partial charge in [0, 0.05) is 24.5 Å². The summed E-state index contributed by atoms with van der Waals surface area (Å²) < 4.78 is 11.3. The predicted octanol–water partition coefficient (Wildman–Crippen LogP) is 1.91. The van der Waals surface area contributed by atoms with Crippen molar-refractivity contribution in [3.05, 3.63) is 0 Å². The zero-order valence-corrected chi connectivity index (χ0v) is 10.9. The van der Waals surface area contributed by atoms with Gasteiger partial charge in [0.1, 0.15) is 0 Å². The number of morpholine rings is 1. The number of hydrogen-bond acceptors (Lipinski definition) is 3. The Bertz CT molecular complexity index is 226. The highest BCUT2D eigenvalue weighted by Crippen LogP contribution is 2.47. The summed E-state index contributed by atoms with van der Waals surface area (Å²) in [7, 11) is 0. The van der Waals surface area contributed by atoms with Crippen LogP contribution in [0, 0.1) is 5.41 Å². The predicted molar refractivity (Wildman–Crippen MR) is 64.6 cm³/mol. The standard InChI is InChI=1S/C13H25NO2/c1-11(2)16-10-13(4-5-13)9-14-6-7-15-8-12(14)3/h11-12H,4-10H2,1-3H3. The molecular formula is C13H25NO2. The third kappa shape index (κ3) is 3.19. The SMILES string of the molecule is CC(C)OCC1(CN2CCOCC2C)CC1. The van der Waals surface area contributed by atoms with Crippen LogP contribution in [0.15, 0.2) is 0 Å². The van der Waals surface area contributed by atoms with Gasteiger partial charge in [-0.3, -0.25) is 4.90 Å². The average Bonchev–Trinajstić information content (AvgIpc) is 3.00. The summed E-state index contributed by atoms with van der Waals surface area (Å²) in [5.41, 5.74) is 0.468. The van der Waals surface area contributed by atoms with Crippen LogP contribution in [-0.2, 0) is 9.47 Å². The fourth-order valence-corrected chi connectivity index (χ4v) is 2.30. The van der Waals surface area contributed by atoms with E-state index >= 15 is 0 Å².